The van der Waals surface area contributed by atoms with Crippen LogP contribution >= 0.6 is 0 Å². The minimum Gasteiger partial charge on any atom is -0.353 e. The SMILES string of the molecule is O=C(CCCCCNC(=O)NC1CCCCC1)NC1CCNCC1. The molecule has 138 valence electrons. The Hall–Kier alpha value is -1.30. The van der Waals surface area contributed by atoms with Crippen molar-refractivity contribution in [1.82, 2.24) is 21.3 Å². The van der Waals surface area contributed by atoms with E-state index in [0.29, 0.717) is 25.0 Å². The molecule has 1 saturated heterocycles. The molecule has 4 N–H and O–H groups in total. The van der Waals surface area contributed by atoms with Crippen LogP contribution in [0.1, 0.15) is 70.6 Å². The molecular weight excluding hydrogens is 304 g/mol. The third-order valence-corrected chi connectivity index (χ3v) is 5.01. The van der Waals surface area contributed by atoms with E-state index in [9.17, 15) is 9.59 Å². The Balaban J connectivity index is 1.41. The van der Waals surface area contributed by atoms with Gasteiger partial charge < -0.3 is 21.3 Å². The average molecular weight is 338 g/mol. The van der Waals surface area contributed by atoms with Crippen LogP contribution in [0.4, 0.5) is 4.79 Å². The number of urea groups is 1. The smallest absolute Gasteiger partial charge is 0.315 e. The Labute approximate surface area is 145 Å². The molecule has 6 nitrogen and oxygen atoms in total. The Kier molecular flexibility index (Phi) is 8.95. The molecule has 0 bridgehead atoms. The quantitative estimate of drug-likeness (QED) is 0.511. The predicted molar refractivity (Wildman–Crippen MR) is 95.9 cm³/mol. The fourth-order valence-corrected chi connectivity index (χ4v) is 3.54. The van der Waals surface area contributed by atoms with Gasteiger partial charge in [0, 0.05) is 25.0 Å². The van der Waals surface area contributed by atoms with E-state index in [1.165, 1.54) is 19.3 Å². The van der Waals surface area contributed by atoms with Gasteiger partial charge >= 0.3 is 6.03 Å². The van der Waals surface area contributed by atoms with Gasteiger partial charge in [-0.25, -0.2) is 4.79 Å². The van der Waals surface area contributed by atoms with Crippen molar-refractivity contribution >= 4 is 11.9 Å². The summed E-state index contributed by atoms with van der Waals surface area (Å²) in [7, 11) is 0. The van der Waals surface area contributed by atoms with Crippen molar-refractivity contribution in [3.8, 4) is 0 Å². The molecule has 0 spiro atoms. The molecule has 24 heavy (non-hydrogen) atoms. The minimum absolute atomic E-state index is 0.0365. The molecule has 1 heterocycles. The minimum atomic E-state index is -0.0365. The largest absolute Gasteiger partial charge is 0.353 e. The first-order chi connectivity index (χ1) is 11.7. The fraction of sp³-hybridized carbons (Fsp3) is 0.889. The number of hydrogen-bond acceptors (Lipinski definition) is 3. The van der Waals surface area contributed by atoms with E-state index >= 15 is 0 Å². The number of carbonyl (C=O) groups excluding carboxylic acids is 2. The number of carbonyl (C=O) groups is 2. The molecule has 2 aliphatic rings. The lowest BCUT2D eigenvalue weighted by Crippen LogP contribution is -2.43. The number of nitrogens with one attached hydrogen (secondary N) is 4. The van der Waals surface area contributed by atoms with Crippen LogP contribution in [0.25, 0.3) is 0 Å². The summed E-state index contributed by atoms with van der Waals surface area (Å²) in [5, 5.41) is 12.4. The van der Waals surface area contributed by atoms with Crippen LogP contribution in [-0.4, -0.2) is 43.7 Å². The van der Waals surface area contributed by atoms with Crippen LogP contribution in [0.5, 0.6) is 0 Å². The summed E-state index contributed by atoms with van der Waals surface area (Å²) in [5.41, 5.74) is 0. The summed E-state index contributed by atoms with van der Waals surface area (Å²) in [6.45, 7) is 2.69. The molecule has 0 atom stereocenters. The Bertz CT molecular complexity index is 341. The first-order valence-electron chi connectivity index (χ1n) is 9.78. The van der Waals surface area contributed by atoms with Crippen LogP contribution in [-0.2, 0) is 4.79 Å². The fourth-order valence-electron chi connectivity index (χ4n) is 3.54. The lowest BCUT2D eigenvalue weighted by molar-refractivity contribution is -0.122. The number of amides is 3. The second-order valence-electron chi connectivity index (χ2n) is 7.14. The van der Waals surface area contributed by atoms with E-state index in [1.807, 2.05) is 0 Å². The zero-order valence-corrected chi connectivity index (χ0v) is 14.9. The molecule has 6 heteroatoms. The molecule has 2 rings (SSSR count). The standard InChI is InChI=1S/C18H34N4O2/c23-17(21-16-10-13-19-14-11-16)9-5-2-6-12-20-18(24)22-15-7-3-1-4-8-15/h15-16,19H,1-14H2,(H,21,23)(H2,20,22,24). The average Bonchev–Trinajstić information content (AvgIpc) is 2.60. The topological polar surface area (TPSA) is 82.3 Å². The van der Waals surface area contributed by atoms with Crippen molar-refractivity contribution in [2.75, 3.05) is 19.6 Å². The summed E-state index contributed by atoms with van der Waals surface area (Å²) in [6.07, 6.45) is 11.4. The maximum atomic E-state index is 11.9. The van der Waals surface area contributed by atoms with Gasteiger partial charge in [0.15, 0.2) is 0 Å². The molecule has 0 aromatic heterocycles. The van der Waals surface area contributed by atoms with E-state index in [4.69, 9.17) is 0 Å². The maximum Gasteiger partial charge on any atom is 0.315 e. The maximum absolute atomic E-state index is 11.9. The van der Waals surface area contributed by atoms with Gasteiger partial charge in [0.05, 0.1) is 0 Å². The number of unbranched alkanes of at least 4 members (excludes halogenated alkanes) is 2. The van der Waals surface area contributed by atoms with Crippen molar-refractivity contribution in [2.45, 2.75) is 82.7 Å². The molecular formula is C18H34N4O2. The van der Waals surface area contributed by atoms with E-state index in [0.717, 1.165) is 58.0 Å². The summed E-state index contributed by atoms with van der Waals surface area (Å²) in [5.74, 6) is 0.171. The zero-order chi connectivity index (χ0) is 17.0. The summed E-state index contributed by atoms with van der Waals surface area (Å²) >= 11 is 0. The Morgan fingerprint density at radius 2 is 1.54 bits per heavy atom. The van der Waals surface area contributed by atoms with Crippen molar-refractivity contribution in [3.63, 3.8) is 0 Å². The van der Waals surface area contributed by atoms with Gasteiger partial charge in [-0.1, -0.05) is 25.7 Å². The highest BCUT2D eigenvalue weighted by atomic mass is 16.2. The summed E-state index contributed by atoms with van der Waals surface area (Å²) < 4.78 is 0. The number of piperidine rings is 1. The van der Waals surface area contributed by atoms with Gasteiger partial charge in [0.2, 0.25) is 5.91 Å². The lowest BCUT2D eigenvalue weighted by Gasteiger charge is -2.23. The predicted octanol–water partition coefficient (Wildman–Crippen LogP) is 2.05. The van der Waals surface area contributed by atoms with Crippen molar-refractivity contribution in [1.29, 1.82) is 0 Å². The molecule has 3 amide bonds. The Morgan fingerprint density at radius 3 is 2.29 bits per heavy atom. The third kappa shape index (κ3) is 7.99. The van der Waals surface area contributed by atoms with Gasteiger partial charge in [-0.05, 0) is 51.6 Å². The van der Waals surface area contributed by atoms with E-state index in [-0.39, 0.29) is 11.9 Å². The van der Waals surface area contributed by atoms with E-state index in [1.54, 1.807) is 0 Å². The molecule has 1 saturated carbocycles. The highest BCUT2D eigenvalue weighted by Gasteiger charge is 2.16. The molecule has 1 aliphatic heterocycles. The summed E-state index contributed by atoms with van der Waals surface area (Å²) in [4.78, 5) is 23.6. The Morgan fingerprint density at radius 1 is 0.833 bits per heavy atom. The van der Waals surface area contributed by atoms with Crippen LogP contribution in [0.15, 0.2) is 0 Å². The molecule has 0 radical (unpaired) electrons. The molecule has 2 fully saturated rings. The number of rotatable bonds is 8. The van der Waals surface area contributed by atoms with Gasteiger partial charge in [-0.3, -0.25) is 4.79 Å². The van der Waals surface area contributed by atoms with Crippen LogP contribution in [0.2, 0.25) is 0 Å². The van der Waals surface area contributed by atoms with Gasteiger partial charge in [0.1, 0.15) is 0 Å². The third-order valence-electron chi connectivity index (χ3n) is 5.01. The highest BCUT2D eigenvalue weighted by molar-refractivity contribution is 5.76. The number of hydrogen-bond donors (Lipinski definition) is 4. The summed E-state index contributed by atoms with van der Waals surface area (Å²) in [6, 6.07) is 0.673. The molecule has 1 aliphatic carbocycles. The van der Waals surface area contributed by atoms with Crippen LogP contribution in [0, 0.1) is 0 Å². The highest BCUT2D eigenvalue weighted by Crippen LogP contribution is 2.17. The van der Waals surface area contributed by atoms with Gasteiger partial charge in [-0.15, -0.1) is 0 Å². The van der Waals surface area contributed by atoms with Crippen molar-refractivity contribution in [3.05, 3.63) is 0 Å². The second-order valence-corrected chi connectivity index (χ2v) is 7.14. The first-order valence-corrected chi connectivity index (χ1v) is 9.78. The van der Waals surface area contributed by atoms with E-state index in [2.05, 4.69) is 21.3 Å². The van der Waals surface area contributed by atoms with Crippen molar-refractivity contribution in [2.24, 2.45) is 0 Å². The van der Waals surface area contributed by atoms with Gasteiger partial charge in [-0.2, -0.15) is 0 Å². The first kappa shape index (κ1) is 19.0. The molecule has 0 aromatic carbocycles. The van der Waals surface area contributed by atoms with Crippen molar-refractivity contribution < 1.29 is 9.59 Å². The second kappa shape index (κ2) is 11.3. The zero-order valence-electron chi connectivity index (χ0n) is 14.9. The van der Waals surface area contributed by atoms with E-state index < -0.39 is 0 Å². The molecule has 0 unspecified atom stereocenters. The van der Waals surface area contributed by atoms with Crippen LogP contribution in [0.3, 0.4) is 0 Å². The van der Waals surface area contributed by atoms with Crippen LogP contribution < -0.4 is 21.3 Å². The molecule has 0 aromatic rings. The normalized spacial score (nSPS) is 19.7. The lowest BCUT2D eigenvalue weighted by atomic mass is 9.96. The monoisotopic (exact) mass is 338 g/mol. The van der Waals surface area contributed by atoms with Gasteiger partial charge in [0.25, 0.3) is 0 Å².